The van der Waals surface area contributed by atoms with Crippen molar-refractivity contribution in [2.45, 2.75) is 49.5 Å². The summed E-state index contributed by atoms with van der Waals surface area (Å²) >= 11 is 0. The Morgan fingerprint density at radius 1 is 1.27 bits per heavy atom. The van der Waals surface area contributed by atoms with E-state index >= 15 is 0 Å². The van der Waals surface area contributed by atoms with Crippen LogP contribution in [0.5, 0.6) is 5.75 Å². The fourth-order valence-electron chi connectivity index (χ4n) is 4.42. The number of hydrogen-bond acceptors (Lipinski definition) is 5. The molecule has 1 saturated heterocycles. The Bertz CT molecular complexity index is 1260. The number of aryl methyl sites for hydroxylation is 1. The number of pyridine rings is 1. The summed E-state index contributed by atoms with van der Waals surface area (Å²) in [5, 5.41) is 0. The van der Waals surface area contributed by atoms with Crippen LogP contribution in [0.2, 0.25) is 0 Å². The van der Waals surface area contributed by atoms with Gasteiger partial charge in [-0.05, 0) is 19.9 Å². The molecule has 2 heterocycles. The number of aromatic nitrogens is 1. The van der Waals surface area contributed by atoms with Crippen molar-refractivity contribution in [2.75, 3.05) is 13.4 Å². The summed E-state index contributed by atoms with van der Waals surface area (Å²) in [7, 11) is -2.36. The molecule has 12 heteroatoms. The maximum Gasteiger partial charge on any atom is 0.417 e. The molecule has 0 spiro atoms. The van der Waals surface area contributed by atoms with Crippen LogP contribution < -0.4 is 10.2 Å². The van der Waals surface area contributed by atoms with Gasteiger partial charge in [-0.25, -0.2) is 13.4 Å². The highest BCUT2D eigenvalue weighted by atomic mass is 32.2. The lowest BCUT2D eigenvalue weighted by molar-refractivity contribution is -0.275. The van der Waals surface area contributed by atoms with Gasteiger partial charge in [0, 0.05) is 41.1 Å². The number of halogens is 5. The molecule has 1 fully saturated rings. The number of alkyl halides is 3. The summed E-state index contributed by atoms with van der Waals surface area (Å²) in [6, 6.07) is 2.83. The van der Waals surface area contributed by atoms with Crippen molar-refractivity contribution >= 4 is 9.73 Å². The van der Waals surface area contributed by atoms with E-state index in [-0.39, 0.29) is 21.8 Å². The Hall–Kier alpha value is -2.47. The third-order valence-electron chi connectivity index (χ3n) is 6.19. The zero-order valence-corrected chi connectivity index (χ0v) is 19.2. The second-order valence-corrected chi connectivity index (χ2v) is 10.4. The molecule has 0 aliphatic carbocycles. The van der Waals surface area contributed by atoms with Crippen molar-refractivity contribution in [3.63, 3.8) is 0 Å². The van der Waals surface area contributed by atoms with E-state index in [1.54, 1.807) is 0 Å². The van der Waals surface area contributed by atoms with Crippen molar-refractivity contribution in [3.05, 3.63) is 57.0 Å². The Morgan fingerprint density at radius 3 is 2.36 bits per heavy atom. The number of benzene rings is 1. The molecule has 2 aromatic rings. The molecule has 1 aromatic heterocycles. The van der Waals surface area contributed by atoms with Crippen molar-refractivity contribution in [2.24, 2.45) is 5.92 Å². The molecule has 1 aromatic carbocycles. The minimum absolute atomic E-state index is 0.0351. The summed E-state index contributed by atoms with van der Waals surface area (Å²) in [5.74, 6) is -5.67. The summed E-state index contributed by atoms with van der Waals surface area (Å²) in [5.41, 5.74) is -3.62. The van der Waals surface area contributed by atoms with Crippen LogP contribution in [0.15, 0.2) is 27.9 Å². The van der Waals surface area contributed by atoms with E-state index in [0.717, 1.165) is 38.5 Å². The second kappa shape index (κ2) is 8.08. The summed E-state index contributed by atoms with van der Waals surface area (Å²) in [6.45, 7) is 3.48. The predicted molar refractivity (Wildman–Crippen MR) is 110 cm³/mol. The van der Waals surface area contributed by atoms with Crippen LogP contribution in [0.25, 0.3) is 0 Å². The maximum absolute atomic E-state index is 14.4. The molecule has 1 aliphatic heterocycles. The second-order valence-electron chi connectivity index (χ2n) is 8.33. The smallest absolute Gasteiger partial charge is 0.417 e. The number of methoxy groups -OCH3 is 1. The third kappa shape index (κ3) is 4.03. The topological polar surface area (TPSA) is 92.2 Å². The van der Waals surface area contributed by atoms with Crippen LogP contribution in [0.4, 0.5) is 22.0 Å². The summed E-state index contributed by atoms with van der Waals surface area (Å²) in [6.07, 6.45) is -5.22. The van der Waals surface area contributed by atoms with Crippen LogP contribution >= 0.6 is 0 Å². The van der Waals surface area contributed by atoms with E-state index in [9.17, 15) is 31.0 Å². The third-order valence-corrected chi connectivity index (χ3v) is 7.48. The normalized spacial score (nSPS) is 27.4. The lowest BCUT2D eigenvalue weighted by Gasteiger charge is -2.32. The number of ether oxygens (including phenoxy) is 2. The zero-order valence-electron chi connectivity index (χ0n) is 18.4. The first-order valence-electron chi connectivity index (χ1n) is 9.78. The molecule has 2 N–H and O–H groups in total. The number of aromatic amines is 1. The van der Waals surface area contributed by atoms with Crippen LogP contribution in [-0.4, -0.2) is 34.3 Å². The number of nitrogens with one attached hydrogen (secondary N) is 2. The fourth-order valence-corrected chi connectivity index (χ4v) is 5.50. The van der Waals surface area contributed by atoms with E-state index in [0.29, 0.717) is 0 Å². The molecular formula is C21H23F5N2O4S. The van der Waals surface area contributed by atoms with Gasteiger partial charge in [0.05, 0.1) is 16.8 Å². The molecule has 3 rings (SSSR count). The first-order chi connectivity index (χ1) is 15.0. The molecule has 0 bridgehead atoms. The first kappa shape index (κ1) is 25.2. The quantitative estimate of drug-likeness (QED) is 0.597. The summed E-state index contributed by atoms with van der Waals surface area (Å²) < 4.78 is 101. The number of H-pyrrole nitrogens is 1. The number of rotatable bonds is 4. The molecular weight excluding hydrogens is 471 g/mol. The van der Waals surface area contributed by atoms with E-state index < -0.39 is 62.3 Å². The minimum Gasteiger partial charge on any atom is -0.493 e. The van der Waals surface area contributed by atoms with E-state index in [2.05, 4.69) is 4.98 Å². The first-order valence-corrected chi connectivity index (χ1v) is 11.7. The van der Waals surface area contributed by atoms with Crippen LogP contribution in [0.3, 0.4) is 0 Å². The average molecular weight is 494 g/mol. The van der Waals surface area contributed by atoms with Gasteiger partial charge in [0.2, 0.25) is 5.82 Å². The van der Waals surface area contributed by atoms with Gasteiger partial charge < -0.3 is 14.5 Å². The monoisotopic (exact) mass is 494 g/mol. The SMILES string of the molecule is COc1c([C@H]2[C@H](c3cc(=O)c([S@](C)(=N)=O)c(C)[nH]3)O[C@@](C)(C(F)(F)F)[C@H]2C)ccc(F)c1F. The van der Waals surface area contributed by atoms with Gasteiger partial charge in [-0.1, -0.05) is 13.0 Å². The molecule has 33 heavy (non-hydrogen) atoms. The van der Waals surface area contributed by atoms with Crippen molar-refractivity contribution < 1.29 is 35.6 Å². The van der Waals surface area contributed by atoms with Gasteiger partial charge in [0.15, 0.2) is 22.6 Å². The van der Waals surface area contributed by atoms with Gasteiger partial charge in [0.1, 0.15) is 11.0 Å². The van der Waals surface area contributed by atoms with Crippen molar-refractivity contribution in [3.8, 4) is 5.75 Å². The van der Waals surface area contributed by atoms with Crippen LogP contribution in [-0.2, 0) is 14.5 Å². The van der Waals surface area contributed by atoms with Crippen LogP contribution in [0.1, 0.15) is 42.8 Å². The zero-order chi connectivity index (χ0) is 25.1. The molecule has 1 aliphatic rings. The summed E-state index contributed by atoms with van der Waals surface area (Å²) in [4.78, 5) is 15.1. The van der Waals surface area contributed by atoms with Gasteiger partial charge in [0.25, 0.3) is 0 Å². The van der Waals surface area contributed by atoms with Crippen LogP contribution in [0, 0.1) is 29.3 Å². The average Bonchev–Trinajstić information content (AvgIpc) is 2.94. The minimum atomic E-state index is -4.83. The molecule has 5 atom stereocenters. The molecule has 0 unspecified atom stereocenters. The van der Waals surface area contributed by atoms with E-state index in [1.807, 2.05) is 0 Å². The van der Waals surface area contributed by atoms with Gasteiger partial charge >= 0.3 is 6.18 Å². The molecule has 0 amide bonds. The Balaban J connectivity index is 2.30. The fraction of sp³-hybridized carbons (Fsp3) is 0.476. The lowest BCUT2D eigenvalue weighted by Crippen LogP contribution is -2.46. The molecule has 6 nitrogen and oxygen atoms in total. The van der Waals surface area contributed by atoms with Crippen molar-refractivity contribution in [1.29, 1.82) is 4.78 Å². The highest BCUT2D eigenvalue weighted by Gasteiger charge is 2.65. The Morgan fingerprint density at radius 2 is 1.88 bits per heavy atom. The standard InChI is InChI=1S/C21H23F5N2O4S/c1-9-15(11-6-7-12(22)16(23)17(11)31-4)18(32-20(9,3)21(24,25)26)13-8-14(29)19(10(2)28-13)33(5,27)30/h6-9,15,18,27H,1-5H3,(H,28,29)/t9-,15-,18-,20+,33+/m0/s1. The Kier molecular flexibility index (Phi) is 6.16. The highest BCUT2D eigenvalue weighted by molar-refractivity contribution is 7.91. The van der Waals surface area contributed by atoms with Gasteiger partial charge in [-0.3, -0.25) is 4.79 Å². The lowest BCUT2D eigenvalue weighted by atomic mass is 9.76. The predicted octanol–water partition coefficient (Wildman–Crippen LogP) is 4.82. The molecule has 0 saturated carbocycles. The maximum atomic E-state index is 14.4. The van der Waals surface area contributed by atoms with E-state index in [4.69, 9.17) is 14.3 Å². The molecule has 0 radical (unpaired) electrons. The number of hydrogen-bond donors (Lipinski definition) is 2. The van der Waals surface area contributed by atoms with Crippen molar-refractivity contribution in [1.82, 2.24) is 4.98 Å². The Labute approximate surface area is 187 Å². The van der Waals surface area contributed by atoms with Gasteiger partial charge in [-0.2, -0.15) is 17.6 Å². The van der Waals surface area contributed by atoms with E-state index in [1.165, 1.54) is 13.8 Å². The molecule has 182 valence electrons. The van der Waals surface area contributed by atoms with Gasteiger partial charge in [-0.15, -0.1) is 0 Å². The largest absolute Gasteiger partial charge is 0.493 e. The highest BCUT2D eigenvalue weighted by Crippen LogP contribution is 2.59.